The Hall–Kier alpha value is 0.217. The van der Waals surface area contributed by atoms with Crippen molar-refractivity contribution in [2.45, 2.75) is 51.4 Å². The van der Waals surface area contributed by atoms with Gasteiger partial charge in [-0.1, -0.05) is 51.4 Å². The van der Waals surface area contributed by atoms with Crippen LogP contribution in [0.15, 0.2) is 0 Å². The van der Waals surface area contributed by atoms with E-state index in [9.17, 15) is 0 Å². The second-order valence-electron chi connectivity index (χ2n) is 4.09. The molecule has 0 saturated heterocycles. The van der Waals surface area contributed by atoms with Gasteiger partial charge in [-0.3, -0.25) is 0 Å². The van der Waals surface area contributed by atoms with Gasteiger partial charge < -0.3 is 0 Å². The summed E-state index contributed by atoms with van der Waals surface area (Å²) in [6.07, 6.45) is 12.4. The monoisotopic (exact) mass is 170 g/mol. The second-order valence-corrected chi connectivity index (χ2v) is 4.09. The first kappa shape index (κ1) is 9.31. The lowest BCUT2D eigenvalue weighted by molar-refractivity contribution is 0.347. The predicted molar refractivity (Wildman–Crippen MR) is 55.3 cm³/mol. The van der Waals surface area contributed by atoms with Crippen molar-refractivity contribution in [3.05, 3.63) is 0 Å². The zero-order valence-electron chi connectivity index (χ0n) is 6.81. The molecular weight excluding hydrogens is 148 g/mol. The Morgan fingerprint density at radius 3 is 1.09 bits per heavy atom. The van der Waals surface area contributed by atoms with E-state index in [2.05, 4.69) is 0 Å². The van der Waals surface area contributed by atoms with Crippen LogP contribution in [0.25, 0.3) is 0 Å². The third kappa shape index (κ3) is 2.08. The highest BCUT2D eigenvalue weighted by molar-refractivity contribution is 5.75. The normalized spacial score (nSPS) is 27.3. The molecule has 0 aliphatic heterocycles. The molecule has 11 heavy (non-hydrogen) atoms. The Kier molecular flexibility index (Phi) is 3.63. The molecule has 0 spiro atoms. The fraction of sp³-hybridized carbons (Fsp3) is 1.00. The van der Waals surface area contributed by atoms with Crippen LogP contribution >= 0.6 is 0 Å². The van der Waals surface area contributed by atoms with Crippen molar-refractivity contribution in [1.82, 2.24) is 0 Å². The first-order valence-electron chi connectivity index (χ1n) is 4.97. The topological polar surface area (TPSA) is 0 Å². The van der Waals surface area contributed by atoms with Gasteiger partial charge in [0.05, 0.1) is 0 Å². The van der Waals surface area contributed by atoms with Crippen molar-refractivity contribution in [2.75, 3.05) is 0 Å². The van der Waals surface area contributed by atoms with Crippen LogP contribution in [-0.4, -0.2) is 11.0 Å². The molecule has 0 aromatic carbocycles. The van der Waals surface area contributed by atoms with Crippen LogP contribution in [0.4, 0.5) is 0 Å². The van der Waals surface area contributed by atoms with Crippen molar-refractivity contribution >= 4 is 11.0 Å². The smallest absolute Gasteiger partial charge is 0.0149 e. The van der Waals surface area contributed by atoms with Crippen molar-refractivity contribution in [1.29, 1.82) is 0 Å². The van der Waals surface area contributed by atoms with Gasteiger partial charge in [0.15, 0.2) is 0 Å². The van der Waals surface area contributed by atoms with Gasteiger partial charge in [-0.25, -0.2) is 0 Å². The quantitative estimate of drug-likeness (QED) is 0.527. The Labute approximate surface area is 74.8 Å². The van der Waals surface area contributed by atoms with E-state index in [4.69, 9.17) is 0 Å². The maximum Gasteiger partial charge on any atom is -0.0149 e. The highest BCUT2D eigenvalue weighted by Gasteiger charge is 2.26. The molecule has 0 unspecified atom stereocenters. The molecular formula is C10H22Si. The molecule has 2 fully saturated rings. The lowest BCUT2D eigenvalue weighted by atomic mass is 9.90. The average Bonchev–Trinajstić information content (AvgIpc) is 2.59. The van der Waals surface area contributed by atoms with E-state index >= 15 is 0 Å². The van der Waals surface area contributed by atoms with E-state index in [1.165, 1.54) is 25.7 Å². The van der Waals surface area contributed by atoms with E-state index in [1.54, 1.807) is 25.7 Å². The van der Waals surface area contributed by atoms with Crippen LogP contribution in [0.2, 0.25) is 0 Å². The lowest BCUT2D eigenvalue weighted by Gasteiger charge is -2.16. The number of rotatable bonds is 1. The minimum absolute atomic E-state index is 0. The summed E-state index contributed by atoms with van der Waals surface area (Å²) in [5, 5.41) is 0. The summed E-state index contributed by atoms with van der Waals surface area (Å²) in [6.45, 7) is 0. The summed E-state index contributed by atoms with van der Waals surface area (Å²) in [7, 11) is 0. The highest BCUT2D eigenvalue weighted by atomic mass is 28.1. The fourth-order valence-electron chi connectivity index (χ4n) is 2.86. The number of hydrogen-bond donors (Lipinski definition) is 0. The SMILES string of the molecule is C1CCC(C2CCCC2)C1.[SiH4]. The molecule has 66 valence electrons. The van der Waals surface area contributed by atoms with Crippen LogP contribution in [0, 0.1) is 11.8 Å². The second kappa shape index (κ2) is 4.29. The third-order valence-electron chi connectivity index (χ3n) is 3.47. The fourth-order valence-corrected chi connectivity index (χ4v) is 2.86. The minimum atomic E-state index is 0. The maximum atomic E-state index is 1.56. The third-order valence-corrected chi connectivity index (χ3v) is 3.47. The largest absolute Gasteiger partial charge is 0.0530 e. The minimum Gasteiger partial charge on any atom is -0.0530 e. The first-order chi connectivity index (χ1) is 4.97. The first-order valence-corrected chi connectivity index (χ1v) is 4.97. The van der Waals surface area contributed by atoms with E-state index < -0.39 is 0 Å². The molecule has 0 radical (unpaired) electrons. The molecule has 0 amide bonds. The summed E-state index contributed by atoms with van der Waals surface area (Å²) in [6, 6.07) is 0. The van der Waals surface area contributed by atoms with Crippen molar-refractivity contribution in [3.8, 4) is 0 Å². The molecule has 0 heterocycles. The Morgan fingerprint density at radius 2 is 0.818 bits per heavy atom. The molecule has 2 rings (SSSR count). The van der Waals surface area contributed by atoms with Gasteiger partial charge in [0.1, 0.15) is 0 Å². The predicted octanol–water partition coefficient (Wildman–Crippen LogP) is 1.92. The van der Waals surface area contributed by atoms with Gasteiger partial charge in [0.25, 0.3) is 0 Å². The molecule has 0 bridgehead atoms. The van der Waals surface area contributed by atoms with E-state index in [0.717, 1.165) is 11.8 Å². The van der Waals surface area contributed by atoms with Gasteiger partial charge in [-0.15, -0.1) is 0 Å². The van der Waals surface area contributed by atoms with Crippen LogP contribution in [0.3, 0.4) is 0 Å². The van der Waals surface area contributed by atoms with Crippen LogP contribution in [-0.2, 0) is 0 Å². The van der Waals surface area contributed by atoms with Crippen LogP contribution in [0.1, 0.15) is 51.4 Å². The van der Waals surface area contributed by atoms with E-state index in [1.807, 2.05) is 0 Å². The van der Waals surface area contributed by atoms with Gasteiger partial charge in [-0.2, -0.15) is 0 Å². The summed E-state index contributed by atoms with van der Waals surface area (Å²) in [5.41, 5.74) is 0. The van der Waals surface area contributed by atoms with Crippen LogP contribution < -0.4 is 0 Å². The molecule has 0 atom stereocenters. The van der Waals surface area contributed by atoms with Gasteiger partial charge in [-0.05, 0) is 22.8 Å². The summed E-state index contributed by atoms with van der Waals surface area (Å²) >= 11 is 0. The van der Waals surface area contributed by atoms with Gasteiger partial charge >= 0.3 is 0 Å². The molecule has 0 N–H and O–H groups in total. The zero-order valence-corrected chi connectivity index (χ0v) is 6.81. The average molecular weight is 170 g/mol. The molecule has 2 aliphatic carbocycles. The molecule has 0 nitrogen and oxygen atoms in total. The van der Waals surface area contributed by atoms with Crippen molar-refractivity contribution < 1.29 is 0 Å². The molecule has 2 aliphatic rings. The maximum absolute atomic E-state index is 1.56. The standard InChI is InChI=1S/C10H18.H4Si/c1-2-6-9(5-1)10-7-3-4-8-10;/h9-10H,1-8H2;1H4. The number of hydrogen-bond acceptors (Lipinski definition) is 0. The molecule has 0 aromatic heterocycles. The Morgan fingerprint density at radius 1 is 0.545 bits per heavy atom. The molecule has 0 aromatic rings. The molecule has 2 saturated carbocycles. The summed E-state index contributed by atoms with van der Waals surface area (Å²) in [5.74, 6) is 2.31. The summed E-state index contributed by atoms with van der Waals surface area (Å²) in [4.78, 5) is 0. The molecule has 1 heteroatoms. The zero-order chi connectivity index (χ0) is 6.81. The van der Waals surface area contributed by atoms with Crippen LogP contribution in [0.5, 0.6) is 0 Å². The summed E-state index contributed by atoms with van der Waals surface area (Å²) < 4.78 is 0. The Balaban J connectivity index is 0.000000605. The van der Waals surface area contributed by atoms with Crippen molar-refractivity contribution in [3.63, 3.8) is 0 Å². The highest BCUT2D eigenvalue weighted by Crippen LogP contribution is 2.39. The van der Waals surface area contributed by atoms with E-state index in [0.29, 0.717) is 0 Å². The van der Waals surface area contributed by atoms with Gasteiger partial charge in [0.2, 0.25) is 0 Å². The lowest BCUT2D eigenvalue weighted by Crippen LogP contribution is -2.06. The van der Waals surface area contributed by atoms with E-state index in [-0.39, 0.29) is 11.0 Å². The Bertz CT molecular complexity index is 85.4. The van der Waals surface area contributed by atoms with Gasteiger partial charge in [0, 0.05) is 0 Å². The van der Waals surface area contributed by atoms with Crippen molar-refractivity contribution in [2.24, 2.45) is 11.8 Å².